The second kappa shape index (κ2) is 8.49. The molecule has 3 amide bonds. The van der Waals surface area contributed by atoms with Crippen molar-refractivity contribution in [2.24, 2.45) is 0 Å². The van der Waals surface area contributed by atoms with E-state index in [0.717, 1.165) is 15.9 Å². The minimum atomic E-state index is -4.87. The molecule has 2 aromatic rings. The molecule has 1 aliphatic heterocycles. The lowest BCUT2D eigenvalue weighted by atomic mass is 10.0. The lowest BCUT2D eigenvalue weighted by Crippen LogP contribution is -2.33. The summed E-state index contributed by atoms with van der Waals surface area (Å²) in [5, 5.41) is 0. The summed E-state index contributed by atoms with van der Waals surface area (Å²) in [4.78, 5) is 38.3. The molecule has 0 unspecified atom stereocenters. The van der Waals surface area contributed by atoms with Gasteiger partial charge in [-0.3, -0.25) is 19.4 Å². The Kier molecular flexibility index (Phi) is 6.23. The van der Waals surface area contributed by atoms with E-state index in [4.69, 9.17) is 4.74 Å². The van der Waals surface area contributed by atoms with Crippen LogP contribution in [-0.4, -0.2) is 35.3 Å². The number of nitrogens with zero attached hydrogens (tertiary/aromatic N) is 2. The van der Waals surface area contributed by atoms with Crippen molar-refractivity contribution in [1.82, 2.24) is 4.90 Å². The maximum absolute atomic E-state index is 13.9. The first-order valence-corrected chi connectivity index (χ1v) is 9.97. The Morgan fingerprint density at radius 3 is 2.18 bits per heavy atom. The molecule has 1 aliphatic rings. The molecule has 0 spiro atoms. The van der Waals surface area contributed by atoms with Crippen LogP contribution in [0.15, 0.2) is 30.3 Å². The third-order valence-corrected chi connectivity index (χ3v) is 5.14. The molecule has 6 nitrogen and oxygen atoms in total. The van der Waals surface area contributed by atoms with Crippen LogP contribution < -0.4 is 9.64 Å². The third-order valence-electron chi connectivity index (χ3n) is 5.14. The van der Waals surface area contributed by atoms with Crippen molar-refractivity contribution in [3.63, 3.8) is 0 Å². The zero-order valence-electron chi connectivity index (χ0n) is 18.4. The Morgan fingerprint density at radius 2 is 1.67 bits per heavy atom. The number of urea groups is 1. The standard InChI is InChI=1S/C23H22F4N2O4/c1-13-7-15(8-14(2)20(13)33-22(3,4)12-30)10-29-19(31)11-28(21(29)32)16-5-6-17(18(24)9-16)23(25,26)27/h5-9,12H,10-11H2,1-4H3. The average Bonchev–Trinajstić information content (AvgIpc) is 2.98. The summed E-state index contributed by atoms with van der Waals surface area (Å²) in [6.45, 7) is 6.25. The number of alkyl halides is 3. The number of hydrogen-bond donors (Lipinski definition) is 0. The lowest BCUT2D eigenvalue weighted by Gasteiger charge is -2.24. The predicted molar refractivity (Wildman–Crippen MR) is 111 cm³/mol. The Bertz CT molecular complexity index is 1100. The van der Waals surface area contributed by atoms with Crippen LogP contribution >= 0.6 is 0 Å². The summed E-state index contributed by atoms with van der Waals surface area (Å²) in [6, 6.07) is 4.74. The van der Waals surface area contributed by atoms with E-state index in [0.29, 0.717) is 40.9 Å². The fraction of sp³-hybridized carbons (Fsp3) is 0.348. The van der Waals surface area contributed by atoms with Crippen molar-refractivity contribution in [3.8, 4) is 5.75 Å². The molecule has 0 radical (unpaired) electrons. The number of hydrogen-bond acceptors (Lipinski definition) is 4. The maximum Gasteiger partial charge on any atom is 0.419 e. The van der Waals surface area contributed by atoms with E-state index in [2.05, 4.69) is 0 Å². The van der Waals surface area contributed by atoms with Crippen LogP contribution in [0.1, 0.15) is 36.1 Å². The molecule has 1 fully saturated rings. The normalized spacial score (nSPS) is 14.8. The molecule has 1 heterocycles. The smallest absolute Gasteiger partial charge is 0.419 e. The molecule has 0 atom stereocenters. The van der Waals surface area contributed by atoms with Gasteiger partial charge in [-0.15, -0.1) is 0 Å². The number of aryl methyl sites for hydroxylation is 2. The molecule has 0 saturated carbocycles. The summed E-state index contributed by atoms with van der Waals surface area (Å²) in [5.41, 5.74) is -0.625. The highest BCUT2D eigenvalue weighted by Crippen LogP contribution is 2.34. The molecule has 0 aliphatic carbocycles. The fourth-order valence-corrected chi connectivity index (χ4v) is 3.56. The van der Waals surface area contributed by atoms with Crippen LogP contribution in [0.3, 0.4) is 0 Å². The highest BCUT2D eigenvalue weighted by Gasteiger charge is 2.39. The highest BCUT2D eigenvalue weighted by molar-refractivity contribution is 6.12. The fourth-order valence-electron chi connectivity index (χ4n) is 3.56. The van der Waals surface area contributed by atoms with E-state index in [1.165, 1.54) is 0 Å². The van der Waals surface area contributed by atoms with Gasteiger partial charge in [0, 0.05) is 5.69 Å². The van der Waals surface area contributed by atoms with Crippen LogP contribution in [0.25, 0.3) is 0 Å². The van der Waals surface area contributed by atoms with E-state index in [1.807, 2.05) is 0 Å². The maximum atomic E-state index is 13.9. The molecule has 0 aromatic heterocycles. The molecule has 0 N–H and O–H groups in total. The van der Waals surface area contributed by atoms with E-state index in [-0.39, 0.29) is 12.2 Å². The lowest BCUT2D eigenvalue weighted by molar-refractivity contribution is -0.140. The highest BCUT2D eigenvalue weighted by atomic mass is 19.4. The zero-order valence-corrected chi connectivity index (χ0v) is 18.4. The summed E-state index contributed by atoms with van der Waals surface area (Å²) in [6.07, 6.45) is -4.19. The first kappa shape index (κ1) is 24.2. The van der Waals surface area contributed by atoms with Gasteiger partial charge in [0.25, 0.3) is 5.91 Å². The van der Waals surface area contributed by atoms with E-state index < -0.39 is 41.6 Å². The monoisotopic (exact) mass is 466 g/mol. The van der Waals surface area contributed by atoms with Crippen molar-refractivity contribution in [2.75, 3.05) is 11.4 Å². The summed E-state index contributed by atoms with van der Waals surface area (Å²) in [7, 11) is 0. The van der Waals surface area contributed by atoms with Crippen LogP contribution in [0.5, 0.6) is 5.75 Å². The van der Waals surface area contributed by atoms with E-state index in [9.17, 15) is 31.9 Å². The molecule has 33 heavy (non-hydrogen) atoms. The Hall–Kier alpha value is -3.43. The number of amides is 3. The first-order valence-electron chi connectivity index (χ1n) is 9.97. The Balaban J connectivity index is 1.82. The van der Waals surface area contributed by atoms with Crippen LogP contribution in [0, 0.1) is 19.7 Å². The van der Waals surface area contributed by atoms with Gasteiger partial charge >= 0.3 is 12.2 Å². The minimum Gasteiger partial charge on any atom is -0.480 e. The van der Waals surface area contributed by atoms with Gasteiger partial charge in [-0.25, -0.2) is 9.18 Å². The van der Waals surface area contributed by atoms with Crippen molar-refractivity contribution >= 4 is 23.9 Å². The second-order valence-electron chi connectivity index (χ2n) is 8.39. The number of ether oxygens (including phenoxy) is 1. The summed E-state index contributed by atoms with van der Waals surface area (Å²) >= 11 is 0. The molecule has 0 bridgehead atoms. The van der Waals surface area contributed by atoms with Gasteiger partial charge < -0.3 is 4.74 Å². The van der Waals surface area contributed by atoms with Gasteiger partial charge in [-0.05, 0) is 62.6 Å². The zero-order chi connectivity index (χ0) is 24.7. The molecule has 1 saturated heterocycles. The second-order valence-corrected chi connectivity index (χ2v) is 8.39. The van der Waals surface area contributed by atoms with Gasteiger partial charge in [-0.2, -0.15) is 13.2 Å². The largest absolute Gasteiger partial charge is 0.480 e. The molecule has 10 heteroatoms. The topological polar surface area (TPSA) is 66.9 Å². The van der Waals surface area contributed by atoms with Crippen LogP contribution in [0.2, 0.25) is 0 Å². The van der Waals surface area contributed by atoms with E-state index in [1.54, 1.807) is 39.8 Å². The number of rotatable bonds is 6. The number of benzene rings is 2. The quantitative estimate of drug-likeness (QED) is 0.349. The van der Waals surface area contributed by atoms with Crippen molar-refractivity contribution in [3.05, 3.63) is 58.4 Å². The van der Waals surface area contributed by atoms with Crippen molar-refractivity contribution in [1.29, 1.82) is 0 Å². The SMILES string of the molecule is Cc1cc(CN2C(=O)CN(c3ccc(C(F)(F)F)c(F)c3)C2=O)cc(C)c1OC(C)(C)C=O. The van der Waals surface area contributed by atoms with Gasteiger partial charge in [0.05, 0.1) is 12.1 Å². The molecular formula is C23H22F4N2O4. The number of aldehydes is 1. The average molecular weight is 466 g/mol. The molecule has 3 rings (SSSR count). The predicted octanol–water partition coefficient (Wildman–Crippen LogP) is 4.79. The Morgan fingerprint density at radius 1 is 1.06 bits per heavy atom. The van der Waals surface area contributed by atoms with Crippen molar-refractivity contribution in [2.45, 2.75) is 46.0 Å². The Labute approximate surface area is 187 Å². The van der Waals surface area contributed by atoms with E-state index >= 15 is 0 Å². The van der Waals surface area contributed by atoms with Crippen molar-refractivity contribution < 1.29 is 36.7 Å². The molecule has 176 valence electrons. The minimum absolute atomic E-state index is 0.0870. The molecule has 2 aromatic carbocycles. The number of anilines is 1. The number of carbonyl (C=O) groups is 3. The first-order chi connectivity index (χ1) is 15.2. The summed E-state index contributed by atoms with van der Waals surface area (Å²) in [5.74, 6) is -1.59. The van der Waals surface area contributed by atoms with Crippen LogP contribution in [-0.2, 0) is 22.3 Å². The third kappa shape index (κ3) is 4.99. The number of carbonyl (C=O) groups excluding carboxylic acids is 3. The summed E-state index contributed by atoms with van der Waals surface area (Å²) < 4.78 is 58.1. The van der Waals surface area contributed by atoms with Gasteiger partial charge in [0.15, 0.2) is 11.9 Å². The van der Waals surface area contributed by atoms with Gasteiger partial charge in [0.2, 0.25) is 0 Å². The number of imide groups is 1. The van der Waals surface area contributed by atoms with Gasteiger partial charge in [0.1, 0.15) is 18.1 Å². The van der Waals surface area contributed by atoms with Crippen LogP contribution in [0.4, 0.5) is 28.0 Å². The van der Waals surface area contributed by atoms with Gasteiger partial charge in [-0.1, -0.05) is 12.1 Å². The number of halogens is 4. The molecular weight excluding hydrogens is 444 g/mol.